The highest BCUT2D eigenvalue weighted by atomic mass is 16.5. The first-order valence-electron chi connectivity index (χ1n) is 8.69. The van der Waals surface area contributed by atoms with Crippen LogP contribution in [0.1, 0.15) is 15.9 Å². The first-order chi connectivity index (χ1) is 14.0. The van der Waals surface area contributed by atoms with Gasteiger partial charge in [-0.15, -0.1) is 0 Å². The van der Waals surface area contributed by atoms with Crippen LogP contribution in [-0.4, -0.2) is 40.3 Å². The second-order valence-corrected chi connectivity index (χ2v) is 6.09. The van der Waals surface area contributed by atoms with Crippen molar-refractivity contribution in [1.29, 1.82) is 0 Å². The smallest absolute Gasteiger partial charge is 0.340 e. The first-order valence-corrected chi connectivity index (χ1v) is 8.69. The number of carbonyl (C=O) groups excluding carboxylic acids is 2. The summed E-state index contributed by atoms with van der Waals surface area (Å²) in [5.41, 5.74) is 1.74. The number of fused-ring (bicyclic) bond motifs is 1. The highest BCUT2D eigenvalue weighted by molar-refractivity contribution is 6.03. The number of carbonyl (C=O) groups is 2. The van der Waals surface area contributed by atoms with E-state index >= 15 is 0 Å². The molecule has 0 saturated heterocycles. The van der Waals surface area contributed by atoms with Gasteiger partial charge < -0.3 is 28.7 Å². The number of rotatable bonds is 7. The number of amides is 1. The van der Waals surface area contributed by atoms with Gasteiger partial charge in [0.1, 0.15) is 11.3 Å². The Labute approximate surface area is 167 Å². The predicted molar refractivity (Wildman–Crippen MR) is 106 cm³/mol. The van der Waals surface area contributed by atoms with Gasteiger partial charge in [-0.2, -0.15) is 0 Å². The molecule has 0 saturated carbocycles. The predicted octanol–water partition coefficient (Wildman–Crippen LogP) is 3.43. The summed E-state index contributed by atoms with van der Waals surface area (Å²) in [7, 11) is 5.75. The Morgan fingerprint density at radius 1 is 0.966 bits per heavy atom. The van der Waals surface area contributed by atoms with Gasteiger partial charge in [-0.1, -0.05) is 0 Å². The molecule has 0 atom stereocenters. The molecule has 8 nitrogen and oxygen atoms in total. The Kier molecular flexibility index (Phi) is 5.92. The number of ether oxygens (including phenoxy) is 4. The van der Waals surface area contributed by atoms with Gasteiger partial charge in [0.05, 0.1) is 52.4 Å². The normalized spacial score (nSPS) is 10.5. The molecule has 0 unspecified atom stereocenters. The minimum atomic E-state index is -0.609. The fourth-order valence-corrected chi connectivity index (χ4v) is 2.96. The number of furan rings is 1. The Bertz CT molecular complexity index is 1050. The molecule has 0 spiro atoms. The van der Waals surface area contributed by atoms with Gasteiger partial charge in [0.2, 0.25) is 5.91 Å². The third-order valence-corrected chi connectivity index (χ3v) is 4.42. The average molecular weight is 399 g/mol. The molecular weight excluding hydrogens is 378 g/mol. The van der Waals surface area contributed by atoms with E-state index in [0.29, 0.717) is 28.4 Å². The van der Waals surface area contributed by atoms with Crippen molar-refractivity contribution >= 4 is 28.5 Å². The number of nitrogens with one attached hydrogen (secondary N) is 1. The van der Waals surface area contributed by atoms with Crippen LogP contribution in [0.15, 0.2) is 41.0 Å². The molecule has 1 N–H and O–H groups in total. The summed E-state index contributed by atoms with van der Waals surface area (Å²) in [4.78, 5) is 24.8. The Morgan fingerprint density at radius 3 is 2.34 bits per heavy atom. The third kappa shape index (κ3) is 4.11. The van der Waals surface area contributed by atoms with E-state index in [0.717, 1.165) is 5.39 Å². The van der Waals surface area contributed by atoms with E-state index in [2.05, 4.69) is 5.32 Å². The highest BCUT2D eigenvalue weighted by Gasteiger charge is 2.20. The number of methoxy groups -OCH3 is 4. The van der Waals surface area contributed by atoms with Crippen molar-refractivity contribution in [2.24, 2.45) is 0 Å². The minimum Gasteiger partial charge on any atom is -0.497 e. The van der Waals surface area contributed by atoms with E-state index in [9.17, 15) is 9.59 Å². The monoisotopic (exact) mass is 399 g/mol. The molecule has 152 valence electrons. The van der Waals surface area contributed by atoms with E-state index in [-0.39, 0.29) is 23.6 Å². The fraction of sp³-hybridized carbons (Fsp3) is 0.238. The summed E-state index contributed by atoms with van der Waals surface area (Å²) >= 11 is 0. The molecule has 0 aliphatic carbocycles. The van der Waals surface area contributed by atoms with Gasteiger partial charge in [-0.25, -0.2) is 4.79 Å². The number of anilines is 1. The Hall–Kier alpha value is -3.68. The summed E-state index contributed by atoms with van der Waals surface area (Å²) in [6.45, 7) is 0. The maximum Gasteiger partial charge on any atom is 0.340 e. The van der Waals surface area contributed by atoms with E-state index in [4.69, 9.17) is 23.4 Å². The lowest BCUT2D eigenvalue weighted by atomic mass is 10.1. The zero-order valence-electron chi connectivity index (χ0n) is 16.5. The van der Waals surface area contributed by atoms with E-state index < -0.39 is 5.97 Å². The van der Waals surface area contributed by atoms with Gasteiger partial charge >= 0.3 is 5.97 Å². The number of esters is 1. The maximum atomic E-state index is 12.7. The quantitative estimate of drug-likeness (QED) is 0.608. The Morgan fingerprint density at radius 2 is 1.69 bits per heavy atom. The van der Waals surface area contributed by atoms with Crippen molar-refractivity contribution in [3.63, 3.8) is 0 Å². The summed E-state index contributed by atoms with van der Waals surface area (Å²) in [5.74, 6) is 0.441. The van der Waals surface area contributed by atoms with Crippen LogP contribution < -0.4 is 19.5 Å². The van der Waals surface area contributed by atoms with E-state index in [1.807, 2.05) is 6.07 Å². The second kappa shape index (κ2) is 8.55. The van der Waals surface area contributed by atoms with Crippen molar-refractivity contribution < 1.29 is 33.0 Å². The van der Waals surface area contributed by atoms with E-state index in [1.54, 1.807) is 19.2 Å². The van der Waals surface area contributed by atoms with Crippen LogP contribution in [0.5, 0.6) is 17.2 Å². The maximum absolute atomic E-state index is 12.7. The van der Waals surface area contributed by atoms with Gasteiger partial charge in [0, 0.05) is 29.1 Å². The lowest BCUT2D eigenvalue weighted by Crippen LogP contribution is -2.17. The summed E-state index contributed by atoms with van der Waals surface area (Å²) < 4.78 is 26.0. The lowest BCUT2D eigenvalue weighted by Gasteiger charge is -2.14. The van der Waals surface area contributed by atoms with Crippen LogP contribution in [0.3, 0.4) is 0 Å². The summed E-state index contributed by atoms with van der Waals surface area (Å²) in [5, 5.41) is 3.54. The first kappa shape index (κ1) is 20.1. The molecule has 0 fully saturated rings. The van der Waals surface area contributed by atoms with Crippen LogP contribution in [0.4, 0.5) is 5.69 Å². The molecule has 0 aliphatic heterocycles. The molecule has 0 aliphatic rings. The molecule has 0 bridgehead atoms. The number of hydrogen-bond acceptors (Lipinski definition) is 7. The average Bonchev–Trinajstić information content (AvgIpc) is 3.14. The zero-order valence-corrected chi connectivity index (χ0v) is 16.5. The summed E-state index contributed by atoms with van der Waals surface area (Å²) in [6, 6.07) is 8.35. The minimum absolute atomic E-state index is 0.0499. The van der Waals surface area contributed by atoms with Gasteiger partial charge in [-0.3, -0.25) is 4.79 Å². The second-order valence-electron chi connectivity index (χ2n) is 6.09. The van der Waals surface area contributed by atoms with Gasteiger partial charge in [-0.05, 0) is 12.1 Å². The molecule has 2 aromatic carbocycles. The molecule has 1 heterocycles. The molecule has 1 aromatic heterocycles. The summed E-state index contributed by atoms with van der Waals surface area (Å²) in [6.07, 6.45) is 1.58. The van der Waals surface area contributed by atoms with E-state index in [1.165, 1.54) is 39.7 Å². The molecule has 3 rings (SSSR count). The number of benzene rings is 2. The standard InChI is InChI=1S/C21H21NO7/c1-25-13-5-6-14-12(11-29-17(14)8-13)7-20(23)22-16-10-19(27-3)18(26-2)9-15(16)21(24)28-4/h5-6,8-11H,7H2,1-4H3,(H,22,23). The van der Waals surface area contributed by atoms with Crippen LogP contribution >= 0.6 is 0 Å². The van der Waals surface area contributed by atoms with Crippen LogP contribution in [0.2, 0.25) is 0 Å². The highest BCUT2D eigenvalue weighted by Crippen LogP contribution is 2.34. The zero-order chi connectivity index (χ0) is 21.0. The molecule has 3 aromatic rings. The molecule has 1 amide bonds. The van der Waals surface area contributed by atoms with Crippen molar-refractivity contribution in [2.45, 2.75) is 6.42 Å². The molecule has 8 heteroatoms. The Balaban J connectivity index is 1.87. The van der Waals surface area contributed by atoms with Crippen LogP contribution in [0.25, 0.3) is 11.0 Å². The molecule has 29 heavy (non-hydrogen) atoms. The molecule has 0 radical (unpaired) electrons. The fourth-order valence-electron chi connectivity index (χ4n) is 2.96. The van der Waals surface area contributed by atoms with Gasteiger partial charge in [0.25, 0.3) is 0 Å². The van der Waals surface area contributed by atoms with Crippen LogP contribution in [-0.2, 0) is 16.0 Å². The SMILES string of the molecule is COC(=O)c1cc(OC)c(OC)cc1NC(=O)Cc1coc2cc(OC)ccc12. The third-order valence-electron chi connectivity index (χ3n) is 4.42. The van der Waals surface area contributed by atoms with Crippen molar-refractivity contribution in [1.82, 2.24) is 0 Å². The molecular formula is C21H21NO7. The topological polar surface area (TPSA) is 96.2 Å². The lowest BCUT2D eigenvalue weighted by molar-refractivity contribution is -0.115. The van der Waals surface area contributed by atoms with Crippen LogP contribution in [0, 0.1) is 0 Å². The van der Waals surface area contributed by atoms with Crippen molar-refractivity contribution in [3.05, 3.63) is 47.7 Å². The van der Waals surface area contributed by atoms with Crippen molar-refractivity contribution in [2.75, 3.05) is 33.8 Å². The largest absolute Gasteiger partial charge is 0.497 e. The van der Waals surface area contributed by atoms with Gasteiger partial charge in [0.15, 0.2) is 11.5 Å². The number of hydrogen-bond donors (Lipinski definition) is 1. The van der Waals surface area contributed by atoms with Crippen molar-refractivity contribution in [3.8, 4) is 17.2 Å².